The largest absolute Gasteiger partial charge is 0.325 e. The normalized spacial score (nSPS) is 11.6. The second kappa shape index (κ2) is 7.65. The number of nitrogens with one attached hydrogen (secondary N) is 3. The van der Waals surface area contributed by atoms with Gasteiger partial charge in [-0.3, -0.25) is 4.79 Å². The monoisotopic (exact) mass is 351 g/mol. The number of amides is 2. The van der Waals surface area contributed by atoms with Gasteiger partial charge in [-0.15, -0.1) is 0 Å². The van der Waals surface area contributed by atoms with Crippen LogP contribution in [0.25, 0.3) is 0 Å². The second-order valence-electron chi connectivity index (χ2n) is 5.93. The molecule has 0 fully saturated rings. The maximum Gasteiger partial charge on any atom is 0.320 e. The molecule has 1 unspecified atom stereocenters. The highest BCUT2D eigenvalue weighted by Crippen LogP contribution is 2.20. The lowest BCUT2D eigenvalue weighted by Gasteiger charge is -2.20. The standard InChI is InChI=1S/C20H18FN3O2/c1-13-10-15(21)12-16(11-13)22-20(26)24-19(14-6-3-2-4-7-14)17-8-5-9-18(25)23-17/h2-12,19H,1H3,(H,23,25)(H2,22,24,26). The molecular formula is C20H18FN3O2. The number of hydrogen-bond acceptors (Lipinski definition) is 2. The van der Waals surface area contributed by atoms with E-state index >= 15 is 0 Å². The van der Waals surface area contributed by atoms with E-state index < -0.39 is 17.9 Å². The predicted octanol–water partition coefficient (Wildman–Crippen LogP) is 3.73. The van der Waals surface area contributed by atoms with E-state index in [1.165, 1.54) is 18.2 Å². The number of aryl methyl sites for hydroxylation is 1. The zero-order chi connectivity index (χ0) is 18.5. The Morgan fingerprint density at radius 3 is 2.50 bits per heavy atom. The van der Waals surface area contributed by atoms with Crippen LogP contribution in [0.2, 0.25) is 0 Å². The summed E-state index contributed by atoms with van der Waals surface area (Å²) < 4.78 is 13.5. The van der Waals surface area contributed by atoms with Crippen LogP contribution in [0.3, 0.4) is 0 Å². The molecule has 3 aromatic rings. The highest BCUT2D eigenvalue weighted by atomic mass is 19.1. The molecule has 2 aromatic carbocycles. The van der Waals surface area contributed by atoms with Crippen LogP contribution in [0, 0.1) is 12.7 Å². The molecule has 0 radical (unpaired) electrons. The van der Waals surface area contributed by atoms with E-state index in [1.54, 1.807) is 25.1 Å². The lowest BCUT2D eigenvalue weighted by atomic mass is 10.0. The van der Waals surface area contributed by atoms with Crippen molar-refractivity contribution < 1.29 is 9.18 Å². The molecule has 26 heavy (non-hydrogen) atoms. The second-order valence-corrected chi connectivity index (χ2v) is 5.93. The van der Waals surface area contributed by atoms with Crippen molar-refractivity contribution in [3.63, 3.8) is 0 Å². The summed E-state index contributed by atoms with van der Waals surface area (Å²) in [4.78, 5) is 26.8. The third-order valence-electron chi connectivity index (χ3n) is 3.81. The van der Waals surface area contributed by atoms with Crippen LogP contribution >= 0.6 is 0 Å². The number of urea groups is 1. The smallest absolute Gasteiger partial charge is 0.320 e. The molecule has 3 rings (SSSR count). The van der Waals surface area contributed by atoms with Gasteiger partial charge >= 0.3 is 6.03 Å². The molecule has 0 aliphatic rings. The Bertz CT molecular complexity index is 950. The van der Waals surface area contributed by atoms with Crippen molar-refractivity contribution in [2.24, 2.45) is 0 Å². The third kappa shape index (κ3) is 4.36. The van der Waals surface area contributed by atoms with Gasteiger partial charge in [0.05, 0.1) is 6.04 Å². The van der Waals surface area contributed by atoms with Gasteiger partial charge in [-0.1, -0.05) is 36.4 Å². The Morgan fingerprint density at radius 1 is 1.04 bits per heavy atom. The number of pyridine rings is 1. The molecular weight excluding hydrogens is 333 g/mol. The van der Waals surface area contributed by atoms with Crippen LogP contribution in [0.15, 0.2) is 71.5 Å². The molecule has 0 aliphatic heterocycles. The molecule has 5 nitrogen and oxygen atoms in total. The summed E-state index contributed by atoms with van der Waals surface area (Å²) in [5.74, 6) is -0.424. The van der Waals surface area contributed by atoms with E-state index in [4.69, 9.17) is 0 Å². The van der Waals surface area contributed by atoms with Crippen LogP contribution in [0.1, 0.15) is 22.9 Å². The van der Waals surface area contributed by atoms with Crippen LogP contribution in [0.4, 0.5) is 14.9 Å². The zero-order valence-electron chi connectivity index (χ0n) is 14.1. The van der Waals surface area contributed by atoms with Crippen molar-refractivity contribution in [1.82, 2.24) is 10.3 Å². The lowest BCUT2D eigenvalue weighted by molar-refractivity contribution is 0.250. The molecule has 1 heterocycles. The van der Waals surface area contributed by atoms with E-state index in [2.05, 4.69) is 15.6 Å². The SMILES string of the molecule is Cc1cc(F)cc(NC(=O)NC(c2ccccc2)c2cccc(=O)[nH]2)c1. The number of carbonyl (C=O) groups is 1. The molecule has 1 aromatic heterocycles. The lowest BCUT2D eigenvalue weighted by Crippen LogP contribution is -2.34. The summed E-state index contributed by atoms with van der Waals surface area (Å²) in [5.41, 5.74) is 2.15. The van der Waals surface area contributed by atoms with Gasteiger partial charge in [-0.25, -0.2) is 9.18 Å². The van der Waals surface area contributed by atoms with Crippen molar-refractivity contribution in [1.29, 1.82) is 0 Å². The van der Waals surface area contributed by atoms with Crippen LogP contribution < -0.4 is 16.2 Å². The Morgan fingerprint density at radius 2 is 1.81 bits per heavy atom. The van der Waals surface area contributed by atoms with Crippen LogP contribution in [0.5, 0.6) is 0 Å². The van der Waals surface area contributed by atoms with Gasteiger partial charge in [0, 0.05) is 17.4 Å². The molecule has 0 saturated heterocycles. The first kappa shape index (κ1) is 17.4. The number of rotatable bonds is 4. The summed E-state index contributed by atoms with van der Waals surface area (Å²) in [6.07, 6.45) is 0. The van der Waals surface area contributed by atoms with Crippen molar-refractivity contribution in [2.75, 3.05) is 5.32 Å². The van der Waals surface area contributed by atoms with E-state index in [-0.39, 0.29) is 5.56 Å². The maximum atomic E-state index is 13.5. The Labute approximate surface area is 149 Å². The Hall–Kier alpha value is -3.41. The number of anilines is 1. The molecule has 0 saturated carbocycles. The highest BCUT2D eigenvalue weighted by molar-refractivity contribution is 5.89. The number of H-pyrrole nitrogens is 1. The third-order valence-corrected chi connectivity index (χ3v) is 3.81. The Balaban J connectivity index is 1.86. The number of aromatic amines is 1. The van der Waals surface area contributed by atoms with Gasteiger partial charge in [-0.2, -0.15) is 0 Å². The van der Waals surface area contributed by atoms with Gasteiger partial charge in [0.15, 0.2) is 0 Å². The van der Waals surface area contributed by atoms with E-state index in [9.17, 15) is 14.0 Å². The quantitative estimate of drug-likeness (QED) is 0.670. The molecule has 6 heteroatoms. The minimum atomic E-state index is -0.556. The molecule has 0 aliphatic carbocycles. The first-order valence-corrected chi connectivity index (χ1v) is 8.10. The van der Waals surface area contributed by atoms with Crippen molar-refractivity contribution in [3.05, 3.63) is 99.7 Å². The average molecular weight is 351 g/mol. The van der Waals surface area contributed by atoms with Gasteiger partial charge in [-0.05, 0) is 42.3 Å². The number of aromatic nitrogens is 1. The van der Waals surface area contributed by atoms with Crippen molar-refractivity contribution in [2.45, 2.75) is 13.0 Å². The average Bonchev–Trinajstić information content (AvgIpc) is 2.59. The summed E-state index contributed by atoms with van der Waals surface area (Å²) in [7, 11) is 0. The summed E-state index contributed by atoms with van der Waals surface area (Å²) in [5, 5.41) is 5.45. The fraction of sp³-hybridized carbons (Fsp3) is 0.100. The number of hydrogen-bond donors (Lipinski definition) is 3. The van der Waals surface area contributed by atoms with Gasteiger partial charge in [0.25, 0.3) is 0 Å². The summed E-state index contributed by atoms with van der Waals surface area (Å²) >= 11 is 0. The molecule has 0 spiro atoms. The summed E-state index contributed by atoms with van der Waals surface area (Å²) in [6.45, 7) is 1.74. The first-order chi connectivity index (χ1) is 12.5. The predicted molar refractivity (Wildman–Crippen MR) is 98.6 cm³/mol. The van der Waals surface area contributed by atoms with Crippen LogP contribution in [-0.2, 0) is 0 Å². The van der Waals surface area contributed by atoms with E-state index in [0.717, 1.165) is 5.56 Å². The first-order valence-electron chi connectivity index (χ1n) is 8.10. The molecule has 0 bridgehead atoms. The van der Waals surface area contributed by atoms with Gasteiger partial charge in [0.2, 0.25) is 5.56 Å². The number of halogens is 1. The molecule has 2 amide bonds. The molecule has 132 valence electrons. The summed E-state index contributed by atoms with van der Waals surface area (Å²) in [6, 6.07) is 17.2. The van der Waals surface area contributed by atoms with Crippen LogP contribution in [-0.4, -0.2) is 11.0 Å². The number of carbonyl (C=O) groups excluding carboxylic acids is 1. The minimum absolute atomic E-state index is 0.258. The van der Waals surface area contributed by atoms with E-state index in [1.807, 2.05) is 30.3 Å². The van der Waals surface area contributed by atoms with Gasteiger partial charge in [0.1, 0.15) is 5.82 Å². The van der Waals surface area contributed by atoms with E-state index in [0.29, 0.717) is 16.9 Å². The van der Waals surface area contributed by atoms with Crippen molar-refractivity contribution in [3.8, 4) is 0 Å². The Kier molecular flexibility index (Phi) is 5.12. The maximum absolute atomic E-state index is 13.5. The highest BCUT2D eigenvalue weighted by Gasteiger charge is 2.18. The van der Waals surface area contributed by atoms with Crippen molar-refractivity contribution >= 4 is 11.7 Å². The number of benzene rings is 2. The molecule has 3 N–H and O–H groups in total. The zero-order valence-corrected chi connectivity index (χ0v) is 14.1. The fourth-order valence-electron chi connectivity index (χ4n) is 2.73. The topological polar surface area (TPSA) is 74.0 Å². The molecule has 1 atom stereocenters. The minimum Gasteiger partial charge on any atom is -0.325 e. The van der Waals surface area contributed by atoms with Gasteiger partial charge < -0.3 is 15.6 Å². The fourth-order valence-corrected chi connectivity index (χ4v) is 2.73.